The van der Waals surface area contributed by atoms with Crippen LogP contribution >= 0.6 is 0 Å². The normalized spacial score (nSPS) is 19.4. The van der Waals surface area contributed by atoms with Crippen LogP contribution < -0.4 is 5.32 Å². The minimum absolute atomic E-state index is 0.0716. The van der Waals surface area contributed by atoms with Crippen molar-refractivity contribution in [2.24, 2.45) is 5.92 Å². The second kappa shape index (κ2) is 7.66. The summed E-state index contributed by atoms with van der Waals surface area (Å²) in [5.74, 6) is 0.735. The molecule has 1 atom stereocenters. The highest BCUT2D eigenvalue weighted by atomic mass is 16.5. The molecule has 1 unspecified atom stereocenters. The molecule has 1 fully saturated rings. The molecule has 0 aromatic carbocycles. The van der Waals surface area contributed by atoms with E-state index >= 15 is 0 Å². The van der Waals surface area contributed by atoms with Gasteiger partial charge in [-0.3, -0.25) is 4.79 Å². The Hall–Kier alpha value is -0.570. The van der Waals surface area contributed by atoms with Crippen molar-refractivity contribution in [1.82, 2.24) is 5.32 Å². The standard InChI is InChI=1S/C13H25NO2/c1-3-16-13(15)10-12(14-2)9-11-7-5-4-6-8-11/h11-12,14H,3-10H2,1-2H3. The summed E-state index contributed by atoms with van der Waals surface area (Å²) in [5.41, 5.74) is 0. The summed E-state index contributed by atoms with van der Waals surface area (Å²) < 4.78 is 4.98. The number of ether oxygens (including phenoxy) is 1. The molecule has 0 aromatic heterocycles. The molecule has 0 radical (unpaired) electrons. The largest absolute Gasteiger partial charge is 0.466 e. The second-order valence-electron chi connectivity index (χ2n) is 4.73. The van der Waals surface area contributed by atoms with E-state index in [-0.39, 0.29) is 5.97 Å². The fourth-order valence-corrected chi connectivity index (χ4v) is 2.55. The van der Waals surface area contributed by atoms with Crippen molar-refractivity contribution in [3.8, 4) is 0 Å². The highest BCUT2D eigenvalue weighted by molar-refractivity contribution is 5.70. The first-order chi connectivity index (χ1) is 7.76. The third kappa shape index (κ3) is 4.97. The molecule has 94 valence electrons. The summed E-state index contributed by atoms with van der Waals surface area (Å²) in [4.78, 5) is 11.4. The molecule has 0 aromatic rings. The van der Waals surface area contributed by atoms with Crippen molar-refractivity contribution in [1.29, 1.82) is 0 Å². The third-order valence-corrected chi connectivity index (χ3v) is 3.47. The van der Waals surface area contributed by atoms with Crippen LogP contribution in [0.25, 0.3) is 0 Å². The van der Waals surface area contributed by atoms with E-state index in [9.17, 15) is 4.79 Å². The number of rotatable bonds is 6. The summed E-state index contributed by atoms with van der Waals surface area (Å²) >= 11 is 0. The molecule has 1 aliphatic rings. The van der Waals surface area contributed by atoms with Crippen LogP contribution in [0.1, 0.15) is 51.9 Å². The summed E-state index contributed by atoms with van der Waals surface area (Å²) in [6.07, 6.45) is 8.41. The van der Waals surface area contributed by atoms with Crippen LogP contribution in [0.4, 0.5) is 0 Å². The maximum Gasteiger partial charge on any atom is 0.307 e. The number of hydrogen-bond acceptors (Lipinski definition) is 3. The van der Waals surface area contributed by atoms with Crippen molar-refractivity contribution < 1.29 is 9.53 Å². The van der Waals surface area contributed by atoms with Gasteiger partial charge in [0.25, 0.3) is 0 Å². The molecule has 0 aliphatic heterocycles. The van der Waals surface area contributed by atoms with E-state index in [0.717, 1.165) is 12.3 Å². The topological polar surface area (TPSA) is 38.3 Å². The first-order valence-corrected chi connectivity index (χ1v) is 6.59. The smallest absolute Gasteiger partial charge is 0.307 e. The van der Waals surface area contributed by atoms with E-state index < -0.39 is 0 Å². The van der Waals surface area contributed by atoms with Gasteiger partial charge in [-0.1, -0.05) is 32.1 Å². The van der Waals surface area contributed by atoms with Gasteiger partial charge >= 0.3 is 5.97 Å². The molecule has 0 amide bonds. The number of carbonyl (C=O) groups is 1. The highest BCUT2D eigenvalue weighted by Gasteiger charge is 2.20. The predicted octanol–water partition coefficient (Wildman–Crippen LogP) is 2.50. The Morgan fingerprint density at radius 3 is 2.62 bits per heavy atom. The predicted molar refractivity (Wildman–Crippen MR) is 65.3 cm³/mol. The van der Waals surface area contributed by atoms with Crippen LogP contribution in [0.2, 0.25) is 0 Å². The quantitative estimate of drug-likeness (QED) is 0.709. The Balaban J connectivity index is 2.27. The van der Waals surface area contributed by atoms with Crippen LogP contribution in [0, 0.1) is 5.92 Å². The zero-order valence-electron chi connectivity index (χ0n) is 10.6. The maximum atomic E-state index is 11.4. The van der Waals surface area contributed by atoms with Gasteiger partial charge in [0.15, 0.2) is 0 Å². The maximum absolute atomic E-state index is 11.4. The summed E-state index contributed by atoms with van der Waals surface area (Å²) in [6, 6.07) is 0.294. The Bertz CT molecular complexity index is 200. The molecular weight excluding hydrogens is 202 g/mol. The van der Waals surface area contributed by atoms with Crippen molar-refractivity contribution in [3.05, 3.63) is 0 Å². The molecule has 1 saturated carbocycles. The van der Waals surface area contributed by atoms with Crippen LogP contribution in [0.5, 0.6) is 0 Å². The van der Waals surface area contributed by atoms with Gasteiger partial charge in [0, 0.05) is 6.04 Å². The lowest BCUT2D eigenvalue weighted by atomic mass is 9.84. The molecular formula is C13H25NO2. The molecule has 0 saturated heterocycles. The molecule has 1 rings (SSSR count). The molecule has 3 heteroatoms. The van der Waals surface area contributed by atoms with Crippen molar-refractivity contribution >= 4 is 5.97 Å². The van der Waals surface area contributed by atoms with Crippen LogP contribution in [0.15, 0.2) is 0 Å². The van der Waals surface area contributed by atoms with E-state index in [1.807, 2.05) is 14.0 Å². The van der Waals surface area contributed by atoms with E-state index in [1.54, 1.807) is 0 Å². The second-order valence-corrected chi connectivity index (χ2v) is 4.73. The number of nitrogens with one attached hydrogen (secondary N) is 1. The van der Waals surface area contributed by atoms with E-state index in [2.05, 4.69) is 5.32 Å². The molecule has 1 aliphatic carbocycles. The Morgan fingerprint density at radius 1 is 1.38 bits per heavy atom. The van der Waals surface area contributed by atoms with Gasteiger partial charge in [0.2, 0.25) is 0 Å². The zero-order valence-corrected chi connectivity index (χ0v) is 10.6. The molecule has 0 bridgehead atoms. The van der Waals surface area contributed by atoms with Gasteiger partial charge in [-0.05, 0) is 26.3 Å². The third-order valence-electron chi connectivity index (χ3n) is 3.47. The average molecular weight is 227 g/mol. The molecule has 0 spiro atoms. The first kappa shape index (κ1) is 13.5. The first-order valence-electron chi connectivity index (χ1n) is 6.59. The summed E-state index contributed by atoms with van der Waals surface area (Å²) in [6.45, 7) is 2.34. The van der Waals surface area contributed by atoms with Gasteiger partial charge in [0.05, 0.1) is 13.0 Å². The van der Waals surface area contributed by atoms with E-state index in [4.69, 9.17) is 4.74 Å². The van der Waals surface area contributed by atoms with Crippen LogP contribution in [-0.4, -0.2) is 25.7 Å². The lowest BCUT2D eigenvalue weighted by Crippen LogP contribution is -2.31. The summed E-state index contributed by atoms with van der Waals surface area (Å²) in [7, 11) is 1.94. The van der Waals surface area contributed by atoms with E-state index in [0.29, 0.717) is 19.1 Å². The highest BCUT2D eigenvalue weighted by Crippen LogP contribution is 2.27. The van der Waals surface area contributed by atoms with Gasteiger partial charge in [0.1, 0.15) is 0 Å². The molecule has 0 heterocycles. The minimum atomic E-state index is -0.0716. The van der Waals surface area contributed by atoms with Gasteiger partial charge in [-0.25, -0.2) is 0 Å². The van der Waals surface area contributed by atoms with Gasteiger partial charge in [-0.2, -0.15) is 0 Å². The fraction of sp³-hybridized carbons (Fsp3) is 0.923. The van der Waals surface area contributed by atoms with Crippen molar-refractivity contribution in [3.63, 3.8) is 0 Å². The Morgan fingerprint density at radius 2 is 2.06 bits per heavy atom. The minimum Gasteiger partial charge on any atom is -0.466 e. The van der Waals surface area contributed by atoms with Crippen LogP contribution in [-0.2, 0) is 9.53 Å². The average Bonchev–Trinajstić information content (AvgIpc) is 2.30. The van der Waals surface area contributed by atoms with Crippen LogP contribution in [0.3, 0.4) is 0 Å². The molecule has 3 nitrogen and oxygen atoms in total. The SMILES string of the molecule is CCOC(=O)CC(CC1CCCCC1)NC. The van der Waals surface area contributed by atoms with Crippen molar-refractivity contribution in [2.45, 2.75) is 57.9 Å². The lowest BCUT2D eigenvalue weighted by molar-refractivity contribution is -0.143. The zero-order chi connectivity index (χ0) is 11.8. The summed E-state index contributed by atoms with van der Waals surface area (Å²) in [5, 5.41) is 3.24. The number of hydrogen-bond donors (Lipinski definition) is 1. The number of esters is 1. The molecule has 1 N–H and O–H groups in total. The van der Waals surface area contributed by atoms with E-state index in [1.165, 1.54) is 32.1 Å². The Labute approximate surface area is 98.9 Å². The van der Waals surface area contributed by atoms with Gasteiger partial charge < -0.3 is 10.1 Å². The fourth-order valence-electron chi connectivity index (χ4n) is 2.55. The monoisotopic (exact) mass is 227 g/mol. The van der Waals surface area contributed by atoms with Crippen molar-refractivity contribution in [2.75, 3.05) is 13.7 Å². The number of carbonyl (C=O) groups excluding carboxylic acids is 1. The molecule has 16 heavy (non-hydrogen) atoms. The van der Waals surface area contributed by atoms with Gasteiger partial charge in [-0.15, -0.1) is 0 Å². The lowest BCUT2D eigenvalue weighted by Gasteiger charge is -2.25. The Kier molecular flexibility index (Phi) is 6.46.